The molecular formula is C13H15NO3. The predicted octanol–water partition coefficient (Wildman–Crippen LogP) is 1.94. The van der Waals surface area contributed by atoms with Crippen molar-refractivity contribution in [3.8, 4) is 0 Å². The molecule has 1 aromatic rings. The Morgan fingerprint density at radius 3 is 2.88 bits per heavy atom. The van der Waals surface area contributed by atoms with Crippen molar-refractivity contribution < 1.29 is 14.7 Å². The first-order valence-corrected chi connectivity index (χ1v) is 5.77. The van der Waals surface area contributed by atoms with Crippen LogP contribution in [-0.2, 0) is 4.79 Å². The van der Waals surface area contributed by atoms with Crippen LogP contribution in [0.3, 0.4) is 0 Å². The predicted molar refractivity (Wildman–Crippen MR) is 64.5 cm³/mol. The highest BCUT2D eigenvalue weighted by Crippen LogP contribution is 2.25. The van der Waals surface area contributed by atoms with E-state index in [1.807, 2.05) is 29.2 Å². The Hall–Kier alpha value is -1.84. The minimum atomic E-state index is -0.807. The van der Waals surface area contributed by atoms with Crippen molar-refractivity contribution in [1.82, 2.24) is 0 Å². The van der Waals surface area contributed by atoms with Gasteiger partial charge < -0.3 is 10.0 Å². The number of para-hydroxylation sites is 1. The van der Waals surface area contributed by atoms with Gasteiger partial charge in [-0.15, -0.1) is 0 Å². The third-order valence-corrected chi connectivity index (χ3v) is 2.97. The SMILES string of the molecule is O=C(O)CCN1CCCC(=O)c2ccccc21. The third-order valence-electron chi connectivity index (χ3n) is 2.97. The van der Waals surface area contributed by atoms with Crippen molar-refractivity contribution >= 4 is 17.4 Å². The molecule has 0 unspecified atom stereocenters. The smallest absolute Gasteiger partial charge is 0.305 e. The van der Waals surface area contributed by atoms with Crippen molar-refractivity contribution in [3.05, 3.63) is 29.8 Å². The highest BCUT2D eigenvalue weighted by Gasteiger charge is 2.20. The summed E-state index contributed by atoms with van der Waals surface area (Å²) >= 11 is 0. The number of rotatable bonds is 3. The zero-order chi connectivity index (χ0) is 12.3. The van der Waals surface area contributed by atoms with Gasteiger partial charge in [0, 0.05) is 30.8 Å². The van der Waals surface area contributed by atoms with E-state index in [1.165, 1.54) is 0 Å². The van der Waals surface area contributed by atoms with E-state index in [1.54, 1.807) is 0 Å². The number of benzene rings is 1. The third kappa shape index (κ3) is 2.64. The van der Waals surface area contributed by atoms with E-state index in [4.69, 9.17) is 5.11 Å². The van der Waals surface area contributed by atoms with Crippen LogP contribution in [0, 0.1) is 0 Å². The van der Waals surface area contributed by atoms with Gasteiger partial charge in [0.25, 0.3) is 0 Å². The lowest BCUT2D eigenvalue weighted by atomic mass is 10.1. The van der Waals surface area contributed by atoms with E-state index >= 15 is 0 Å². The number of hydrogen-bond acceptors (Lipinski definition) is 3. The number of anilines is 1. The zero-order valence-corrected chi connectivity index (χ0v) is 9.56. The Balaban J connectivity index is 2.25. The summed E-state index contributed by atoms with van der Waals surface area (Å²) in [7, 11) is 0. The second-order valence-corrected chi connectivity index (χ2v) is 4.17. The van der Waals surface area contributed by atoms with Crippen LogP contribution in [-0.4, -0.2) is 29.9 Å². The van der Waals surface area contributed by atoms with Gasteiger partial charge in [0.05, 0.1) is 6.42 Å². The largest absolute Gasteiger partial charge is 0.481 e. The molecule has 0 fully saturated rings. The van der Waals surface area contributed by atoms with Crippen LogP contribution in [0.25, 0.3) is 0 Å². The summed E-state index contributed by atoms with van der Waals surface area (Å²) in [5, 5.41) is 8.72. The molecule has 0 atom stereocenters. The fourth-order valence-electron chi connectivity index (χ4n) is 2.13. The molecule has 1 aliphatic rings. The van der Waals surface area contributed by atoms with Gasteiger partial charge in [0.1, 0.15) is 0 Å². The summed E-state index contributed by atoms with van der Waals surface area (Å²) in [5.74, 6) is -0.656. The molecule has 4 nitrogen and oxygen atoms in total. The van der Waals surface area contributed by atoms with Crippen LogP contribution in [0.1, 0.15) is 29.6 Å². The molecule has 2 rings (SSSR count). The van der Waals surface area contributed by atoms with Gasteiger partial charge in [-0.3, -0.25) is 9.59 Å². The van der Waals surface area contributed by atoms with Gasteiger partial charge >= 0.3 is 5.97 Å². The number of carbonyl (C=O) groups excluding carboxylic acids is 1. The molecule has 0 amide bonds. The van der Waals surface area contributed by atoms with Gasteiger partial charge in [0.15, 0.2) is 5.78 Å². The van der Waals surface area contributed by atoms with Gasteiger partial charge in [-0.1, -0.05) is 12.1 Å². The normalized spacial score (nSPS) is 15.3. The number of carboxylic acid groups (broad SMARTS) is 1. The van der Waals surface area contributed by atoms with Gasteiger partial charge in [-0.25, -0.2) is 0 Å². The first-order chi connectivity index (χ1) is 8.18. The van der Waals surface area contributed by atoms with E-state index in [0.29, 0.717) is 13.0 Å². The number of fused-ring (bicyclic) bond motifs is 1. The summed E-state index contributed by atoms with van der Waals surface area (Å²) in [6, 6.07) is 7.43. The summed E-state index contributed by atoms with van der Waals surface area (Å²) < 4.78 is 0. The Labute approximate surface area is 99.9 Å². The number of carbonyl (C=O) groups is 2. The van der Waals surface area contributed by atoms with E-state index < -0.39 is 5.97 Å². The van der Waals surface area contributed by atoms with Gasteiger partial charge in [0.2, 0.25) is 0 Å². The molecule has 0 saturated carbocycles. The molecule has 1 heterocycles. The number of hydrogen-bond donors (Lipinski definition) is 1. The maximum atomic E-state index is 11.8. The molecule has 0 aliphatic carbocycles. The zero-order valence-electron chi connectivity index (χ0n) is 9.56. The van der Waals surface area contributed by atoms with E-state index in [9.17, 15) is 9.59 Å². The van der Waals surface area contributed by atoms with Crippen molar-refractivity contribution in [3.63, 3.8) is 0 Å². The summed E-state index contributed by atoms with van der Waals surface area (Å²) in [6.45, 7) is 1.20. The van der Waals surface area contributed by atoms with Crippen LogP contribution in [0.15, 0.2) is 24.3 Å². The topological polar surface area (TPSA) is 57.6 Å². The average Bonchev–Trinajstić information content (AvgIpc) is 2.47. The fraction of sp³-hybridized carbons (Fsp3) is 0.385. The molecule has 4 heteroatoms. The molecule has 0 bridgehead atoms. The Morgan fingerprint density at radius 1 is 1.35 bits per heavy atom. The first-order valence-electron chi connectivity index (χ1n) is 5.77. The molecule has 1 aromatic carbocycles. The molecule has 0 radical (unpaired) electrons. The minimum Gasteiger partial charge on any atom is -0.481 e. The second-order valence-electron chi connectivity index (χ2n) is 4.17. The van der Waals surface area contributed by atoms with Crippen molar-refractivity contribution in [2.45, 2.75) is 19.3 Å². The summed E-state index contributed by atoms with van der Waals surface area (Å²) in [4.78, 5) is 24.5. The quantitative estimate of drug-likeness (QED) is 0.866. The Bertz CT molecular complexity index is 442. The van der Waals surface area contributed by atoms with Crippen molar-refractivity contribution in [2.24, 2.45) is 0 Å². The van der Waals surface area contributed by atoms with E-state index in [-0.39, 0.29) is 12.2 Å². The summed E-state index contributed by atoms with van der Waals surface area (Å²) in [5.41, 5.74) is 1.59. The lowest BCUT2D eigenvalue weighted by Crippen LogP contribution is -2.27. The highest BCUT2D eigenvalue weighted by molar-refractivity contribution is 6.02. The van der Waals surface area contributed by atoms with Gasteiger partial charge in [-0.2, -0.15) is 0 Å². The molecule has 90 valence electrons. The minimum absolute atomic E-state index is 0.0997. The highest BCUT2D eigenvalue weighted by atomic mass is 16.4. The summed E-state index contributed by atoms with van der Waals surface area (Å²) in [6.07, 6.45) is 1.43. The molecule has 17 heavy (non-hydrogen) atoms. The number of Topliss-reactive ketones (excluding diaryl/α,β-unsaturated/α-hetero) is 1. The monoisotopic (exact) mass is 233 g/mol. The molecule has 0 aromatic heterocycles. The standard InChI is InChI=1S/C13H15NO3/c15-12-6-3-8-14(9-7-13(16)17)11-5-2-1-4-10(11)12/h1-2,4-5H,3,6-9H2,(H,16,17). The molecule has 0 saturated heterocycles. The van der Waals surface area contributed by atoms with E-state index in [2.05, 4.69) is 0 Å². The van der Waals surface area contributed by atoms with Crippen LogP contribution in [0.5, 0.6) is 0 Å². The fourth-order valence-corrected chi connectivity index (χ4v) is 2.13. The average molecular weight is 233 g/mol. The van der Waals surface area contributed by atoms with Crippen LogP contribution in [0.2, 0.25) is 0 Å². The maximum Gasteiger partial charge on any atom is 0.305 e. The van der Waals surface area contributed by atoms with Crippen LogP contribution in [0.4, 0.5) is 5.69 Å². The second kappa shape index (κ2) is 4.99. The number of aliphatic carboxylic acids is 1. The number of carboxylic acids is 1. The van der Waals surface area contributed by atoms with Crippen molar-refractivity contribution in [1.29, 1.82) is 0 Å². The van der Waals surface area contributed by atoms with E-state index in [0.717, 1.165) is 24.2 Å². The first kappa shape index (κ1) is 11.6. The maximum absolute atomic E-state index is 11.8. The number of ketones is 1. The molecule has 1 aliphatic heterocycles. The molecule has 0 spiro atoms. The number of nitrogens with zero attached hydrogens (tertiary/aromatic N) is 1. The molecule has 1 N–H and O–H groups in total. The van der Waals surface area contributed by atoms with Crippen LogP contribution < -0.4 is 4.90 Å². The Kier molecular flexibility index (Phi) is 3.42. The van der Waals surface area contributed by atoms with Crippen molar-refractivity contribution in [2.75, 3.05) is 18.0 Å². The van der Waals surface area contributed by atoms with Gasteiger partial charge in [-0.05, 0) is 18.6 Å². The molecular weight excluding hydrogens is 218 g/mol. The lowest BCUT2D eigenvalue weighted by molar-refractivity contribution is -0.136. The van der Waals surface area contributed by atoms with Crippen LogP contribution >= 0.6 is 0 Å². The Morgan fingerprint density at radius 2 is 2.12 bits per heavy atom. The lowest BCUT2D eigenvalue weighted by Gasteiger charge is -2.23.